The van der Waals surface area contributed by atoms with Crippen molar-refractivity contribution in [2.75, 3.05) is 6.54 Å². The lowest BCUT2D eigenvalue weighted by molar-refractivity contribution is 0.00191. The molecule has 0 fully saturated rings. The molecule has 0 aliphatic carbocycles. The number of rotatable bonds is 2. The van der Waals surface area contributed by atoms with E-state index in [1.807, 2.05) is 0 Å². The molecule has 0 aliphatic rings. The second-order valence-electron chi connectivity index (χ2n) is 2.65. The van der Waals surface area contributed by atoms with E-state index in [1.165, 1.54) is 0 Å². The van der Waals surface area contributed by atoms with Crippen LogP contribution in [-0.4, -0.2) is 6.54 Å². The highest BCUT2D eigenvalue weighted by molar-refractivity contribution is 5.24. The summed E-state index contributed by atoms with van der Waals surface area (Å²) in [6, 6.07) is 0.172. The predicted octanol–water partition coefficient (Wildman–Crippen LogP) is 2.15. The van der Waals surface area contributed by atoms with E-state index in [0.29, 0.717) is 0 Å². The minimum absolute atomic E-state index is 0.0637. The van der Waals surface area contributed by atoms with Gasteiger partial charge < -0.3 is 5.73 Å². The first kappa shape index (κ1) is 10.9. The number of benzene rings is 1. The van der Waals surface area contributed by atoms with Gasteiger partial charge in [0.15, 0.2) is 11.6 Å². The van der Waals surface area contributed by atoms with Crippen LogP contribution < -0.4 is 5.73 Å². The van der Waals surface area contributed by atoms with Gasteiger partial charge in [-0.15, -0.1) is 0 Å². The van der Waals surface area contributed by atoms with Crippen LogP contribution in [0.1, 0.15) is 5.56 Å². The summed E-state index contributed by atoms with van der Waals surface area (Å²) in [6.07, 6.45) is 0. The second kappa shape index (κ2) is 3.53. The molecule has 0 amide bonds. The topological polar surface area (TPSA) is 26.0 Å². The molecule has 0 aromatic heterocycles. The number of hydrogen-bond donors (Lipinski definition) is 1. The highest BCUT2D eigenvalue weighted by Gasteiger charge is 2.33. The summed E-state index contributed by atoms with van der Waals surface area (Å²) in [6.45, 7) is -1.17. The van der Waals surface area contributed by atoms with Crippen LogP contribution in [0.25, 0.3) is 0 Å². The Morgan fingerprint density at radius 3 is 2.00 bits per heavy atom. The Labute approximate surface area is 76.3 Å². The normalized spacial score (nSPS) is 11.9. The maximum Gasteiger partial charge on any atom is 0.288 e. The van der Waals surface area contributed by atoms with Gasteiger partial charge in [-0.05, 0) is 6.07 Å². The molecule has 0 atom stereocenters. The van der Waals surface area contributed by atoms with Gasteiger partial charge in [-0.2, -0.15) is 8.78 Å². The first-order valence-electron chi connectivity index (χ1n) is 3.61. The molecule has 14 heavy (non-hydrogen) atoms. The summed E-state index contributed by atoms with van der Waals surface area (Å²) in [7, 11) is 0. The van der Waals surface area contributed by atoms with Crippen molar-refractivity contribution in [1.82, 2.24) is 0 Å². The van der Waals surface area contributed by atoms with Crippen LogP contribution in [0, 0.1) is 17.5 Å². The third-order valence-corrected chi connectivity index (χ3v) is 1.66. The van der Waals surface area contributed by atoms with Gasteiger partial charge in [-0.3, -0.25) is 0 Å². The SMILES string of the molecule is NCC(F)(F)c1cc(F)c(F)cc1F. The van der Waals surface area contributed by atoms with Crippen LogP contribution in [0.2, 0.25) is 0 Å². The molecule has 0 unspecified atom stereocenters. The van der Waals surface area contributed by atoms with Gasteiger partial charge in [0.1, 0.15) is 5.82 Å². The van der Waals surface area contributed by atoms with Crippen LogP contribution in [0.5, 0.6) is 0 Å². The summed E-state index contributed by atoms with van der Waals surface area (Å²) in [5.74, 6) is -8.26. The van der Waals surface area contributed by atoms with Crippen molar-refractivity contribution in [3.05, 3.63) is 35.1 Å². The highest BCUT2D eigenvalue weighted by atomic mass is 19.3. The van der Waals surface area contributed by atoms with Gasteiger partial charge in [0.2, 0.25) is 0 Å². The number of hydrogen-bond acceptors (Lipinski definition) is 1. The number of alkyl halides is 2. The maximum atomic E-state index is 12.8. The summed E-state index contributed by atoms with van der Waals surface area (Å²) in [5.41, 5.74) is 3.43. The molecule has 1 nitrogen and oxygen atoms in total. The van der Waals surface area contributed by atoms with Crippen LogP contribution in [0.4, 0.5) is 22.0 Å². The zero-order chi connectivity index (χ0) is 10.9. The molecule has 1 aromatic rings. The zero-order valence-electron chi connectivity index (χ0n) is 6.83. The summed E-state index contributed by atoms with van der Waals surface area (Å²) < 4.78 is 63.2. The molecule has 0 heterocycles. The van der Waals surface area contributed by atoms with Crippen molar-refractivity contribution in [2.24, 2.45) is 5.73 Å². The van der Waals surface area contributed by atoms with E-state index >= 15 is 0 Å². The Kier molecular flexibility index (Phi) is 2.75. The molecule has 1 aromatic carbocycles. The van der Waals surface area contributed by atoms with Gasteiger partial charge in [-0.1, -0.05) is 0 Å². The van der Waals surface area contributed by atoms with Gasteiger partial charge in [0.05, 0.1) is 12.1 Å². The van der Waals surface area contributed by atoms with Crippen molar-refractivity contribution in [3.8, 4) is 0 Å². The molecular weight excluding hydrogens is 205 g/mol. The highest BCUT2D eigenvalue weighted by Crippen LogP contribution is 2.30. The second-order valence-corrected chi connectivity index (χ2v) is 2.65. The largest absolute Gasteiger partial charge is 0.325 e. The predicted molar refractivity (Wildman–Crippen MR) is 39.3 cm³/mol. The lowest BCUT2D eigenvalue weighted by Gasteiger charge is -2.14. The molecule has 2 N–H and O–H groups in total. The molecule has 0 bridgehead atoms. The van der Waals surface area contributed by atoms with Crippen molar-refractivity contribution < 1.29 is 22.0 Å². The fourth-order valence-electron chi connectivity index (χ4n) is 0.913. The fourth-order valence-corrected chi connectivity index (χ4v) is 0.913. The zero-order valence-corrected chi connectivity index (χ0v) is 6.83. The van der Waals surface area contributed by atoms with Crippen molar-refractivity contribution >= 4 is 0 Å². The van der Waals surface area contributed by atoms with E-state index in [2.05, 4.69) is 5.73 Å². The first-order valence-corrected chi connectivity index (χ1v) is 3.61. The molecule has 0 saturated carbocycles. The van der Waals surface area contributed by atoms with E-state index < -0.39 is 35.5 Å². The van der Waals surface area contributed by atoms with E-state index in [4.69, 9.17) is 0 Å². The molecule has 1 rings (SSSR count). The van der Waals surface area contributed by atoms with E-state index in [0.717, 1.165) is 0 Å². The summed E-state index contributed by atoms with van der Waals surface area (Å²) in [5, 5.41) is 0. The van der Waals surface area contributed by atoms with Crippen LogP contribution in [0.3, 0.4) is 0 Å². The third kappa shape index (κ3) is 1.84. The Morgan fingerprint density at radius 2 is 1.50 bits per heavy atom. The Bertz CT molecular complexity index is 350. The van der Waals surface area contributed by atoms with Crippen molar-refractivity contribution in [3.63, 3.8) is 0 Å². The van der Waals surface area contributed by atoms with E-state index in [9.17, 15) is 22.0 Å². The fraction of sp³-hybridized carbons (Fsp3) is 0.250. The Balaban J connectivity index is 3.29. The summed E-state index contributed by atoms with van der Waals surface area (Å²) >= 11 is 0. The van der Waals surface area contributed by atoms with Crippen LogP contribution in [-0.2, 0) is 5.92 Å². The molecule has 0 aliphatic heterocycles. The molecule has 0 radical (unpaired) electrons. The van der Waals surface area contributed by atoms with Crippen molar-refractivity contribution in [2.45, 2.75) is 5.92 Å². The summed E-state index contributed by atoms with van der Waals surface area (Å²) in [4.78, 5) is 0. The van der Waals surface area contributed by atoms with Crippen LogP contribution >= 0.6 is 0 Å². The smallest absolute Gasteiger partial charge is 0.288 e. The average molecular weight is 211 g/mol. The van der Waals surface area contributed by atoms with Gasteiger partial charge in [0, 0.05) is 6.07 Å². The molecular formula is C8H6F5N. The minimum atomic E-state index is -3.70. The lowest BCUT2D eigenvalue weighted by Crippen LogP contribution is -2.26. The van der Waals surface area contributed by atoms with E-state index in [1.54, 1.807) is 0 Å². The first-order chi connectivity index (χ1) is 6.38. The maximum absolute atomic E-state index is 12.8. The molecule has 0 spiro atoms. The van der Waals surface area contributed by atoms with Gasteiger partial charge >= 0.3 is 0 Å². The average Bonchev–Trinajstić information content (AvgIpc) is 2.11. The quantitative estimate of drug-likeness (QED) is 0.588. The number of halogens is 5. The van der Waals surface area contributed by atoms with Crippen molar-refractivity contribution in [1.29, 1.82) is 0 Å². The van der Waals surface area contributed by atoms with Gasteiger partial charge in [0.25, 0.3) is 5.92 Å². The molecule has 0 saturated heterocycles. The number of nitrogens with two attached hydrogens (primary N) is 1. The standard InChI is InChI=1S/C8H6F5N/c9-5-2-7(11)6(10)1-4(5)8(12,13)3-14/h1-2H,3,14H2. The minimum Gasteiger partial charge on any atom is -0.325 e. The Morgan fingerprint density at radius 1 is 1.00 bits per heavy atom. The van der Waals surface area contributed by atoms with Crippen LogP contribution in [0.15, 0.2) is 12.1 Å². The Hall–Kier alpha value is -1.17. The van der Waals surface area contributed by atoms with Gasteiger partial charge in [-0.25, -0.2) is 13.2 Å². The molecule has 78 valence electrons. The lowest BCUT2D eigenvalue weighted by atomic mass is 10.1. The third-order valence-electron chi connectivity index (χ3n) is 1.66. The monoisotopic (exact) mass is 211 g/mol. The van der Waals surface area contributed by atoms with E-state index in [-0.39, 0.29) is 12.1 Å². The molecule has 6 heteroatoms.